The molecule has 108 valence electrons. The van der Waals surface area contributed by atoms with Crippen LogP contribution in [0.2, 0.25) is 0 Å². The van der Waals surface area contributed by atoms with Crippen LogP contribution < -0.4 is 5.32 Å². The zero-order valence-electron chi connectivity index (χ0n) is 11.8. The maximum absolute atomic E-state index is 12.2. The van der Waals surface area contributed by atoms with Crippen molar-refractivity contribution in [1.82, 2.24) is 5.32 Å². The van der Waals surface area contributed by atoms with Gasteiger partial charge in [0.1, 0.15) is 0 Å². The molecule has 2 fully saturated rings. The molecule has 2 aliphatic carbocycles. The van der Waals surface area contributed by atoms with Crippen molar-refractivity contribution in [3.8, 4) is 0 Å². The molecule has 0 aliphatic heterocycles. The number of amides is 1. The van der Waals surface area contributed by atoms with Gasteiger partial charge in [0, 0.05) is 12.0 Å². The number of nitrogens with one attached hydrogen (secondary N) is 1. The maximum Gasteiger partial charge on any atom is 0.306 e. The van der Waals surface area contributed by atoms with Crippen LogP contribution in [0.4, 0.5) is 0 Å². The molecule has 0 atom stereocenters. The summed E-state index contributed by atoms with van der Waals surface area (Å²) in [6.07, 6.45) is 7.69. The molecule has 19 heavy (non-hydrogen) atoms. The SMILES string of the molecule is CC1(C(=O)NCC2CCC(C(=O)O)CC2)CCCC1. The van der Waals surface area contributed by atoms with E-state index in [1.165, 1.54) is 0 Å². The van der Waals surface area contributed by atoms with E-state index < -0.39 is 5.97 Å². The fourth-order valence-corrected chi connectivity index (χ4v) is 3.45. The Bertz CT molecular complexity index is 339. The van der Waals surface area contributed by atoms with E-state index in [9.17, 15) is 9.59 Å². The van der Waals surface area contributed by atoms with Gasteiger partial charge in [-0.25, -0.2) is 0 Å². The summed E-state index contributed by atoms with van der Waals surface area (Å²) in [5.74, 6) is -0.171. The first-order valence-corrected chi connectivity index (χ1v) is 7.52. The third-order valence-electron chi connectivity index (χ3n) is 5.00. The standard InChI is InChI=1S/C15H25NO3/c1-15(8-2-3-9-15)14(19)16-10-11-4-6-12(7-5-11)13(17)18/h11-12H,2-10H2,1H3,(H,16,19)(H,17,18). The van der Waals surface area contributed by atoms with Gasteiger partial charge in [0.05, 0.1) is 5.92 Å². The van der Waals surface area contributed by atoms with Gasteiger partial charge in [0.15, 0.2) is 0 Å². The topological polar surface area (TPSA) is 66.4 Å². The summed E-state index contributed by atoms with van der Waals surface area (Å²) in [7, 11) is 0. The number of carbonyl (C=O) groups excluding carboxylic acids is 1. The number of carboxylic acids is 1. The van der Waals surface area contributed by atoms with Crippen molar-refractivity contribution in [3.05, 3.63) is 0 Å². The Morgan fingerprint density at radius 1 is 1.16 bits per heavy atom. The van der Waals surface area contributed by atoms with E-state index in [1.807, 2.05) is 0 Å². The molecule has 4 nitrogen and oxygen atoms in total. The molecule has 0 unspecified atom stereocenters. The number of carboxylic acid groups (broad SMARTS) is 1. The van der Waals surface area contributed by atoms with E-state index in [1.54, 1.807) is 0 Å². The van der Waals surface area contributed by atoms with Crippen LogP contribution in [0.25, 0.3) is 0 Å². The zero-order valence-corrected chi connectivity index (χ0v) is 11.8. The molecular formula is C15H25NO3. The summed E-state index contributed by atoms with van der Waals surface area (Å²) < 4.78 is 0. The molecule has 1 amide bonds. The van der Waals surface area contributed by atoms with Crippen LogP contribution in [0.1, 0.15) is 58.3 Å². The second-order valence-electron chi connectivity index (χ2n) is 6.53. The van der Waals surface area contributed by atoms with Crippen LogP contribution >= 0.6 is 0 Å². The normalized spacial score (nSPS) is 29.9. The number of hydrogen-bond donors (Lipinski definition) is 2. The smallest absolute Gasteiger partial charge is 0.306 e. The lowest BCUT2D eigenvalue weighted by atomic mass is 9.81. The van der Waals surface area contributed by atoms with Gasteiger partial charge >= 0.3 is 5.97 Å². The average molecular weight is 267 g/mol. The minimum absolute atomic E-state index is 0.154. The first-order valence-electron chi connectivity index (χ1n) is 7.52. The number of carbonyl (C=O) groups is 2. The van der Waals surface area contributed by atoms with E-state index in [-0.39, 0.29) is 17.2 Å². The summed E-state index contributed by atoms with van der Waals surface area (Å²) in [6, 6.07) is 0. The first-order chi connectivity index (χ1) is 9.01. The van der Waals surface area contributed by atoms with Crippen molar-refractivity contribution in [2.45, 2.75) is 58.3 Å². The first kappa shape index (κ1) is 14.4. The molecule has 0 saturated heterocycles. The van der Waals surface area contributed by atoms with Crippen LogP contribution in [0, 0.1) is 17.3 Å². The van der Waals surface area contributed by atoms with Crippen LogP contribution in [-0.4, -0.2) is 23.5 Å². The van der Waals surface area contributed by atoms with Crippen molar-refractivity contribution in [3.63, 3.8) is 0 Å². The summed E-state index contributed by atoms with van der Waals surface area (Å²) in [5, 5.41) is 12.0. The largest absolute Gasteiger partial charge is 0.481 e. The summed E-state index contributed by atoms with van der Waals surface area (Å²) in [6.45, 7) is 2.79. The summed E-state index contributed by atoms with van der Waals surface area (Å²) in [4.78, 5) is 23.1. The molecule has 0 aromatic carbocycles. The Kier molecular flexibility index (Phi) is 4.48. The Balaban J connectivity index is 1.72. The van der Waals surface area contributed by atoms with Gasteiger partial charge in [-0.15, -0.1) is 0 Å². The lowest BCUT2D eigenvalue weighted by Gasteiger charge is -2.28. The lowest BCUT2D eigenvalue weighted by Crippen LogP contribution is -2.40. The highest BCUT2D eigenvalue weighted by Crippen LogP contribution is 2.37. The van der Waals surface area contributed by atoms with Gasteiger partial charge in [-0.1, -0.05) is 19.8 Å². The average Bonchev–Trinajstić information content (AvgIpc) is 2.84. The Hall–Kier alpha value is -1.06. The van der Waals surface area contributed by atoms with E-state index in [4.69, 9.17) is 5.11 Å². The Labute approximate surface area is 115 Å². The summed E-state index contributed by atoms with van der Waals surface area (Å²) >= 11 is 0. The van der Waals surface area contributed by atoms with Gasteiger partial charge in [0.25, 0.3) is 0 Å². The lowest BCUT2D eigenvalue weighted by molar-refractivity contribution is -0.143. The molecule has 0 aromatic heterocycles. The molecule has 2 aliphatic rings. The second kappa shape index (κ2) is 5.93. The molecule has 0 aromatic rings. The Morgan fingerprint density at radius 2 is 1.74 bits per heavy atom. The molecule has 2 N–H and O–H groups in total. The van der Waals surface area contributed by atoms with Crippen LogP contribution in [0.3, 0.4) is 0 Å². The molecule has 4 heteroatoms. The van der Waals surface area contributed by atoms with Crippen molar-refractivity contribution in [2.24, 2.45) is 17.3 Å². The van der Waals surface area contributed by atoms with E-state index in [2.05, 4.69) is 12.2 Å². The van der Waals surface area contributed by atoms with Crippen molar-refractivity contribution in [2.75, 3.05) is 6.54 Å². The minimum Gasteiger partial charge on any atom is -0.481 e. The quantitative estimate of drug-likeness (QED) is 0.822. The van der Waals surface area contributed by atoms with Crippen molar-refractivity contribution >= 4 is 11.9 Å². The highest BCUT2D eigenvalue weighted by Gasteiger charge is 2.36. The van der Waals surface area contributed by atoms with Crippen LogP contribution in [-0.2, 0) is 9.59 Å². The van der Waals surface area contributed by atoms with E-state index in [0.717, 1.165) is 57.9 Å². The molecular weight excluding hydrogens is 242 g/mol. The molecule has 0 heterocycles. The molecule has 2 saturated carbocycles. The molecule has 0 bridgehead atoms. The third kappa shape index (κ3) is 3.48. The predicted molar refractivity (Wildman–Crippen MR) is 72.7 cm³/mol. The van der Waals surface area contributed by atoms with E-state index >= 15 is 0 Å². The van der Waals surface area contributed by atoms with Gasteiger partial charge in [-0.05, 0) is 44.4 Å². The third-order valence-corrected chi connectivity index (χ3v) is 5.00. The maximum atomic E-state index is 12.2. The second-order valence-corrected chi connectivity index (χ2v) is 6.53. The van der Waals surface area contributed by atoms with Gasteiger partial charge < -0.3 is 10.4 Å². The zero-order chi connectivity index (χ0) is 13.9. The summed E-state index contributed by atoms with van der Waals surface area (Å²) in [5.41, 5.74) is -0.154. The fraction of sp³-hybridized carbons (Fsp3) is 0.867. The molecule has 2 rings (SSSR count). The molecule has 0 radical (unpaired) electrons. The number of hydrogen-bond acceptors (Lipinski definition) is 2. The number of aliphatic carboxylic acids is 1. The van der Waals surface area contributed by atoms with Crippen molar-refractivity contribution < 1.29 is 14.7 Å². The Morgan fingerprint density at radius 3 is 2.26 bits per heavy atom. The molecule has 0 spiro atoms. The van der Waals surface area contributed by atoms with Crippen LogP contribution in [0.5, 0.6) is 0 Å². The van der Waals surface area contributed by atoms with Crippen LogP contribution in [0.15, 0.2) is 0 Å². The predicted octanol–water partition coefficient (Wildman–Crippen LogP) is 2.57. The monoisotopic (exact) mass is 267 g/mol. The van der Waals surface area contributed by atoms with Gasteiger partial charge in [-0.2, -0.15) is 0 Å². The van der Waals surface area contributed by atoms with Gasteiger partial charge in [0.2, 0.25) is 5.91 Å². The van der Waals surface area contributed by atoms with E-state index in [0.29, 0.717) is 5.92 Å². The van der Waals surface area contributed by atoms with Crippen molar-refractivity contribution in [1.29, 1.82) is 0 Å². The minimum atomic E-state index is -0.666. The van der Waals surface area contributed by atoms with Gasteiger partial charge in [-0.3, -0.25) is 9.59 Å². The highest BCUT2D eigenvalue weighted by atomic mass is 16.4. The fourth-order valence-electron chi connectivity index (χ4n) is 3.45. The number of rotatable bonds is 4. The highest BCUT2D eigenvalue weighted by molar-refractivity contribution is 5.82.